The largest absolute Gasteiger partial charge is 0.310 e. The molecule has 1 aliphatic heterocycles. The van der Waals surface area contributed by atoms with Crippen molar-refractivity contribution in [2.24, 2.45) is 4.99 Å². The molecule has 0 aliphatic carbocycles. The summed E-state index contributed by atoms with van der Waals surface area (Å²) in [6, 6.07) is 15.6. The van der Waals surface area contributed by atoms with E-state index in [0.29, 0.717) is 11.6 Å². The Morgan fingerprint density at radius 1 is 1.16 bits per heavy atom. The van der Waals surface area contributed by atoms with Crippen molar-refractivity contribution in [2.45, 2.75) is 6.42 Å². The molecule has 0 unspecified atom stereocenters. The van der Waals surface area contributed by atoms with E-state index in [2.05, 4.69) is 9.89 Å². The fraction of sp³-hybridized carbons (Fsp3) is 0.300. The number of benzodiazepines with no additional fused rings is 1. The van der Waals surface area contributed by atoms with Crippen LogP contribution in [0.2, 0.25) is 5.02 Å². The predicted molar refractivity (Wildman–Crippen MR) is 104 cm³/mol. The molecule has 130 valence electrons. The van der Waals surface area contributed by atoms with Crippen molar-refractivity contribution >= 4 is 28.9 Å². The number of carbonyl (C=O) groups is 1. The Hall–Kier alpha value is -2.17. The summed E-state index contributed by atoms with van der Waals surface area (Å²) in [4.78, 5) is 21.3. The van der Waals surface area contributed by atoms with Crippen LogP contribution in [0.25, 0.3) is 0 Å². The maximum atomic E-state index is 12.7. The van der Waals surface area contributed by atoms with Crippen molar-refractivity contribution in [1.29, 1.82) is 0 Å². The number of nitrogens with zero attached hydrogens (tertiary/aromatic N) is 3. The standard InChI is InChI=1S/C20H22ClN3O/c1-23(2)11-6-12-24-18-10-9-16(21)13-17(18)20(22-14-19(24)25)15-7-4-3-5-8-15/h3-5,7-10,13H,6,11-12,14H2,1-2H3. The van der Waals surface area contributed by atoms with Crippen molar-refractivity contribution in [3.8, 4) is 0 Å². The average Bonchev–Trinajstić information content (AvgIpc) is 2.72. The van der Waals surface area contributed by atoms with Gasteiger partial charge in [-0.25, -0.2) is 0 Å². The van der Waals surface area contributed by atoms with Gasteiger partial charge < -0.3 is 9.80 Å². The first-order chi connectivity index (χ1) is 12.1. The summed E-state index contributed by atoms with van der Waals surface area (Å²) in [7, 11) is 4.07. The molecule has 0 bridgehead atoms. The minimum Gasteiger partial charge on any atom is -0.310 e. The highest BCUT2D eigenvalue weighted by molar-refractivity contribution is 6.32. The monoisotopic (exact) mass is 355 g/mol. The van der Waals surface area contributed by atoms with Crippen molar-refractivity contribution in [2.75, 3.05) is 38.6 Å². The van der Waals surface area contributed by atoms with E-state index in [1.54, 1.807) is 0 Å². The van der Waals surface area contributed by atoms with E-state index < -0.39 is 0 Å². The summed E-state index contributed by atoms with van der Waals surface area (Å²) in [5.41, 5.74) is 3.61. The molecular weight excluding hydrogens is 334 g/mol. The zero-order chi connectivity index (χ0) is 17.8. The van der Waals surface area contributed by atoms with Gasteiger partial charge in [0.15, 0.2) is 0 Å². The number of rotatable bonds is 5. The third-order valence-corrected chi connectivity index (χ3v) is 4.45. The van der Waals surface area contributed by atoms with Crippen LogP contribution in [0.4, 0.5) is 5.69 Å². The molecule has 0 fully saturated rings. The molecule has 0 spiro atoms. The lowest BCUT2D eigenvalue weighted by Crippen LogP contribution is -2.34. The molecule has 0 radical (unpaired) electrons. The fourth-order valence-electron chi connectivity index (χ4n) is 3.02. The maximum absolute atomic E-state index is 12.7. The number of hydrogen-bond donors (Lipinski definition) is 0. The molecule has 0 atom stereocenters. The van der Waals surface area contributed by atoms with Gasteiger partial charge in [0.1, 0.15) is 6.54 Å². The molecule has 5 heteroatoms. The van der Waals surface area contributed by atoms with E-state index in [9.17, 15) is 4.79 Å². The SMILES string of the molecule is CN(C)CCCN1C(=O)CN=C(c2ccccc2)c2cc(Cl)ccc21. The fourth-order valence-corrected chi connectivity index (χ4v) is 3.19. The van der Waals surface area contributed by atoms with Gasteiger partial charge in [0.05, 0.1) is 11.4 Å². The highest BCUT2D eigenvalue weighted by Gasteiger charge is 2.25. The Kier molecular flexibility index (Phi) is 5.51. The Balaban J connectivity index is 2.01. The summed E-state index contributed by atoms with van der Waals surface area (Å²) >= 11 is 6.25. The normalized spacial score (nSPS) is 14.3. The number of anilines is 1. The maximum Gasteiger partial charge on any atom is 0.248 e. The molecule has 1 heterocycles. The zero-order valence-corrected chi connectivity index (χ0v) is 15.3. The van der Waals surface area contributed by atoms with Crippen molar-refractivity contribution in [3.63, 3.8) is 0 Å². The highest BCUT2D eigenvalue weighted by Crippen LogP contribution is 2.29. The van der Waals surface area contributed by atoms with E-state index in [1.807, 2.05) is 67.5 Å². The molecule has 4 nitrogen and oxygen atoms in total. The van der Waals surface area contributed by atoms with Crippen molar-refractivity contribution in [3.05, 3.63) is 64.7 Å². The second-order valence-corrected chi connectivity index (χ2v) is 6.83. The second-order valence-electron chi connectivity index (χ2n) is 6.39. The predicted octanol–water partition coefficient (Wildman–Crippen LogP) is 3.48. The number of benzene rings is 2. The van der Waals surface area contributed by atoms with Gasteiger partial charge in [-0.05, 0) is 45.3 Å². The quantitative estimate of drug-likeness (QED) is 0.823. The van der Waals surface area contributed by atoms with Crippen LogP contribution >= 0.6 is 11.6 Å². The van der Waals surface area contributed by atoms with E-state index in [4.69, 9.17) is 11.6 Å². The van der Waals surface area contributed by atoms with E-state index >= 15 is 0 Å². The van der Waals surface area contributed by atoms with Crippen LogP contribution in [0.3, 0.4) is 0 Å². The van der Waals surface area contributed by atoms with Crippen molar-refractivity contribution < 1.29 is 4.79 Å². The molecule has 0 N–H and O–H groups in total. The lowest BCUT2D eigenvalue weighted by atomic mass is 10.00. The van der Waals surface area contributed by atoms with Gasteiger partial charge in [-0.3, -0.25) is 9.79 Å². The molecule has 25 heavy (non-hydrogen) atoms. The minimum absolute atomic E-state index is 0.0215. The minimum atomic E-state index is 0.0215. The van der Waals surface area contributed by atoms with E-state index in [1.165, 1.54) is 0 Å². The second kappa shape index (κ2) is 7.81. The Morgan fingerprint density at radius 2 is 1.92 bits per heavy atom. The van der Waals surface area contributed by atoms with Crippen molar-refractivity contribution in [1.82, 2.24) is 4.90 Å². The van der Waals surface area contributed by atoms with Gasteiger partial charge in [-0.15, -0.1) is 0 Å². The third kappa shape index (κ3) is 4.09. The van der Waals surface area contributed by atoms with Gasteiger partial charge in [0, 0.05) is 22.7 Å². The number of aliphatic imine (C=N–C) groups is 1. The number of fused-ring (bicyclic) bond motifs is 1. The van der Waals surface area contributed by atoms with Crippen LogP contribution in [0.15, 0.2) is 53.5 Å². The molecule has 2 aromatic carbocycles. The summed E-state index contributed by atoms with van der Waals surface area (Å²) in [6.07, 6.45) is 0.904. The Morgan fingerprint density at radius 3 is 2.64 bits per heavy atom. The third-order valence-electron chi connectivity index (χ3n) is 4.21. The van der Waals surface area contributed by atoms with Gasteiger partial charge in [0.2, 0.25) is 5.91 Å². The highest BCUT2D eigenvalue weighted by atomic mass is 35.5. The lowest BCUT2D eigenvalue weighted by Gasteiger charge is -2.24. The molecule has 1 amide bonds. The van der Waals surface area contributed by atoms with Gasteiger partial charge in [-0.1, -0.05) is 41.9 Å². The van der Waals surface area contributed by atoms with E-state index in [-0.39, 0.29) is 12.5 Å². The smallest absolute Gasteiger partial charge is 0.248 e. The van der Waals surface area contributed by atoms with E-state index in [0.717, 1.165) is 35.5 Å². The van der Waals surface area contributed by atoms with Crippen LogP contribution in [-0.4, -0.2) is 50.2 Å². The number of halogens is 1. The average molecular weight is 356 g/mol. The van der Waals surface area contributed by atoms with Crippen LogP contribution in [-0.2, 0) is 4.79 Å². The molecular formula is C20H22ClN3O. The lowest BCUT2D eigenvalue weighted by molar-refractivity contribution is -0.117. The van der Waals surface area contributed by atoms with Crippen LogP contribution in [0.1, 0.15) is 17.5 Å². The van der Waals surface area contributed by atoms with Gasteiger partial charge >= 0.3 is 0 Å². The summed E-state index contributed by atoms with van der Waals surface area (Å²) < 4.78 is 0. The summed E-state index contributed by atoms with van der Waals surface area (Å²) in [5.74, 6) is 0.0215. The number of hydrogen-bond acceptors (Lipinski definition) is 3. The molecule has 0 saturated carbocycles. The van der Waals surface area contributed by atoms with Crippen LogP contribution < -0.4 is 4.90 Å². The van der Waals surface area contributed by atoms with Crippen LogP contribution in [0.5, 0.6) is 0 Å². The molecule has 0 saturated heterocycles. The zero-order valence-electron chi connectivity index (χ0n) is 14.6. The molecule has 1 aliphatic rings. The molecule has 2 aromatic rings. The summed E-state index contributed by atoms with van der Waals surface area (Å²) in [6.45, 7) is 1.75. The van der Waals surface area contributed by atoms with Gasteiger partial charge in [0.25, 0.3) is 0 Å². The first kappa shape index (κ1) is 17.6. The first-order valence-electron chi connectivity index (χ1n) is 8.41. The first-order valence-corrected chi connectivity index (χ1v) is 8.79. The Bertz CT molecular complexity index is 787. The molecule has 3 rings (SSSR count). The Labute approximate surface area is 153 Å². The molecule has 0 aromatic heterocycles. The number of amides is 1. The van der Waals surface area contributed by atoms with Crippen LogP contribution in [0, 0.1) is 0 Å². The number of carbonyl (C=O) groups excluding carboxylic acids is 1. The topological polar surface area (TPSA) is 35.9 Å². The van der Waals surface area contributed by atoms with Gasteiger partial charge in [-0.2, -0.15) is 0 Å². The summed E-state index contributed by atoms with van der Waals surface area (Å²) in [5, 5.41) is 0.643.